The Balaban J connectivity index is 3.57. The molecule has 18 heavy (non-hydrogen) atoms. The molecule has 4 nitrogen and oxygen atoms in total. The van der Waals surface area contributed by atoms with Crippen LogP contribution in [-0.2, 0) is 17.4 Å². The molecule has 0 unspecified atom stereocenters. The molecule has 0 aromatic heterocycles. The third-order valence-electron chi connectivity index (χ3n) is 2.30. The number of hydrogen-bond donors (Lipinski definition) is 0. The predicted molar refractivity (Wildman–Crippen MR) is 57.2 cm³/mol. The maximum atomic E-state index is 12.8. The summed E-state index contributed by atoms with van der Waals surface area (Å²) in [6.45, 7) is 2.42. The molecule has 0 aliphatic carbocycles. The zero-order valence-corrected chi connectivity index (χ0v) is 9.67. The number of Topliss-reactive ketones (excluding diaryl/α,β-unsaturated/α-hetero) is 1. The topological polar surface area (TPSA) is 60.2 Å². The van der Waals surface area contributed by atoms with E-state index in [4.69, 9.17) is 0 Å². The Morgan fingerprint density at radius 3 is 2.33 bits per heavy atom. The molecule has 7 heteroatoms. The lowest BCUT2D eigenvalue weighted by Crippen LogP contribution is -2.14. The monoisotopic (exact) mass is 261 g/mol. The molecule has 0 atom stereocenters. The Bertz CT molecular complexity index is 509. The van der Waals surface area contributed by atoms with E-state index in [1.807, 2.05) is 0 Å². The van der Waals surface area contributed by atoms with Gasteiger partial charge in [0.15, 0.2) is 0 Å². The summed E-state index contributed by atoms with van der Waals surface area (Å²) >= 11 is 0. The Kier molecular flexibility index (Phi) is 3.73. The number of rotatable bonds is 3. The van der Waals surface area contributed by atoms with Gasteiger partial charge < -0.3 is 0 Å². The average Bonchev–Trinajstić information content (AvgIpc) is 2.17. The van der Waals surface area contributed by atoms with Gasteiger partial charge in [0.2, 0.25) is 0 Å². The molecule has 0 saturated heterocycles. The van der Waals surface area contributed by atoms with Crippen LogP contribution in [-0.4, -0.2) is 10.7 Å². The average molecular weight is 261 g/mol. The summed E-state index contributed by atoms with van der Waals surface area (Å²) in [5.74, 6) is -0.563. The SMILES string of the molecule is CC(=O)Cc1c([N+](=O)[O-])cc(C)cc1C(F)(F)F. The van der Waals surface area contributed by atoms with Crippen molar-refractivity contribution in [3.05, 3.63) is 38.9 Å². The van der Waals surface area contributed by atoms with E-state index in [0.717, 1.165) is 19.1 Å². The molecule has 0 saturated carbocycles. The molecule has 0 bridgehead atoms. The standard InChI is InChI=1S/C11H10F3NO3/c1-6-3-9(11(12,13)14)8(5-7(2)16)10(4-6)15(17)18/h3-4H,5H2,1-2H3. The van der Waals surface area contributed by atoms with Crippen LogP contribution in [0.2, 0.25) is 0 Å². The van der Waals surface area contributed by atoms with Crippen molar-refractivity contribution in [1.82, 2.24) is 0 Å². The van der Waals surface area contributed by atoms with Gasteiger partial charge in [-0.15, -0.1) is 0 Å². The molecule has 1 aromatic carbocycles. The molecule has 0 fully saturated rings. The van der Waals surface area contributed by atoms with Crippen molar-refractivity contribution < 1.29 is 22.9 Å². The number of hydrogen-bond acceptors (Lipinski definition) is 3. The van der Waals surface area contributed by atoms with E-state index in [9.17, 15) is 28.1 Å². The third kappa shape index (κ3) is 3.06. The largest absolute Gasteiger partial charge is 0.416 e. The maximum Gasteiger partial charge on any atom is 0.416 e. The molecule has 98 valence electrons. The number of benzene rings is 1. The van der Waals surface area contributed by atoms with E-state index >= 15 is 0 Å². The van der Waals surface area contributed by atoms with E-state index in [0.29, 0.717) is 0 Å². The Hall–Kier alpha value is -1.92. The van der Waals surface area contributed by atoms with Gasteiger partial charge in [-0.3, -0.25) is 14.9 Å². The lowest BCUT2D eigenvalue weighted by atomic mass is 9.97. The highest BCUT2D eigenvalue weighted by atomic mass is 19.4. The van der Waals surface area contributed by atoms with E-state index in [1.54, 1.807) is 0 Å². The zero-order valence-electron chi connectivity index (χ0n) is 9.67. The zero-order chi connectivity index (χ0) is 14.1. The highest BCUT2D eigenvalue weighted by Gasteiger charge is 2.37. The van der Waals surface area contributed by atoms with Crippen molar-refractivity contribution in [3.8, 4) is 0 Å². The quantitative estimate of drug-likeness (QED) is 0.620. The van der Waals surface area contributed by atoms with Crippen LogP contribution in [0.4, 0.5) is 18.9 Å². The Morgan fingerprint density at radius 1 is 1.39 bits per heavy atom. The maximum absolute atomic E-state index is 12.8. The first-order valence-electron chi connectivity index (χ1n) is 4.97. The fourth-order valence-corrected chi connectivity index (χ4v) is 1.65. The first-order chi connectivity index (χ1) is 8.12. The summed E-state index contributed by atoms with van der Waals surface area (Å²) in [7, 11) is 0. The second-order valence-corrected chi connectivity index (χ2v) is 3.94. The molecule has 0 heterocycles. The lowest BCUT2D eigenvalue weighted by molar-refractivity contribution is -0.385. The van der Waals surface area contributed by atoms with Gasteiger partial charge in [-0.1, -0.05) is 0 Å². The first-order valence-corrected chi connectivity index (χ1v) is 4.97. The molecule has 1 rings (SSSR count). The number of alkyl halides is 3. The van der Waals surface area contributed by atoms with Crippen molar-refractivity contribution in [2.45, 2.75) is 26.4 Å². The van der Waals surface area contributed by atoms with Crippen LogP contribution in [0.15, 0.2) is 12.1 Å². The van der Waals surface area contributed by atoms with E-state index in [1.165, 1.54) is 6.92 Å². The number of ketones is 1. The normalized spacial score (nSPS) is 11.4. The fourth-order valence-electron chi connectivity index (χ4n) is 1.65. The number of aryl methyl sites for hydroxylation is 1. The van der Waals surface area contributed by atoms with Crippen molar-refractivity contribution in [2.24, 2.45) is 0 Å². The summed E-state index contributed by atoms with van der Waals surface area (Å²) in [4.78, 5) is 20.8. The van der Waals surface area contributed by atoms with Gasteiger partial charge in [0.05, 0.1) is 10.5 Å². The number of nitrogens with zero attached hydrogens (tertiary/aromatic N) is 1. The van der Waals surface area contributed by atoms with Crippen LogP contribution in [0.1, 0.15) is 23.6 Å². The van der Waals surface area contributed by atoms with Crippen LogP contribution in [0.3, 0.4) is 0 Å². The van der Waals surface area contributed by atoms with Crippen molar-refractivity contribution in [1.29, 1.82) is 0 Å². The summed E-state index contributed by atoms with van der Waals surface area (Å²) in [5.41, 5.74) is -2.24. The van der Waals surface area contributed by atoms with Crippen molar-refractivity contribution in [3.63, 3.8) is 0 Å². The second-order valence-electron chi connectivity index (χ2n) is 3.94. The predicted octanol–water partition coefficient (Wildman–Crippen LogP) is 3.05. The number of halogens is 3. The van der Waals surface area contributed by atoms with Gasteiger partial charge in [0.1, 0.15) is 5.78 Å². The van der Waals surface area contributed by atoms with Crippen molar-refractivity contribution in [2.75, 3.05) is 0 Å². The van der Waals surface area contributed by atoms with Crippen LogP contribution in [0.25, 0.3) is 0 Å². The molecule has 0 amide bonds. The number of carbonyl (C=O) groups is 1. The minimum absolute atomic E-state index is 0.126. The summed E-state index contributed by atoms with van der Waals surface area (Å²) in [6.07, 6.45) is -5.33. The Morgan fingerprint density at radius 2 is 1.94 bits per heavy atom. The van der Waals surface area contributed by atoms with Crippen LogP contribution in [0, 0.1) is 17.0 Å². The number of carbonyl (C=O) groups excluding carboxylic acids is 1. The summed E-state index contributed by atoms with van der Waals surface area (Å²) in [5, 5.41) is 10.8. The molecule has 0 aliphatic rings. The van der Waals surface area contributed by atoms with Crippen molar-refractivity contribution >= 4 is 11.5 Å². The molecule has 0 radical (unpaired) electrons. The highest BCUT2D eigenvalue weighted by molar-refractivity contribution is 5.80. The van der Waals surface area contributed by atoms with Gasteiger partial charge >= 0.3 is 6.18 Å². The lowest BCUT2D eigenvalue weighted by Gasteiger charge is -2.13. The Labute approximate surface area is 101 Å². The van der Waals surface area contributed by atoms with Crippen LogP contribution < -0.4 is 0 Å². The first kappa shape index (κ1) is 14.1. The van der Waals surface area contributed by atoms with Crippen LogP contribution >= 0.6 is 0 Å². The van der Waals surface area contributed by atoms with Gasteiger partial charge in [-0.25, -0.2) is 0 Å². The molecular formula is C11H10F3NO3. The van der Waals surface area contributed by atoms with Gasteiger partial charge in [-0.2, -0.15) is 13.2 Å². The second kappa shape index (κ2) is 4.75. The van der Waals surface area contributed by atoms with Gasteiger partial charge in [-0.05, 0) is 25.5 Å². The fraction of sp³-hybridized carbons (Fsp3) is 0.364. The molecule has 0 spiro atoms. The summed E-state index contributed by atoms with van der Waals surface area (Å²) < 4.78 is 38.4. The van der Waals surface area contributed by atoms with Gasteiger partial charge in [0, 0.05) is 18.1 Å². The van der Waals surface area contributed by atoms with E-state index in [-0.39, 0.29) is 5.56 Å². The minimum Gasteiger partial charge on any atom is -0.300 e. The van der Waals surface area contributed by atoms with E-state index in [2.05, 4.69) is 0 Å². The number of nitro groups is 1. The summed E-state index contributed by atoms with van der Waals surface area (Å²) in [6, 6.07) is 1.85. The smallest absolute Gasteiger partial charge is 0.300 e. The third-order valence-corrected chi connectivity index (χ3v) is 2.30. The number of nitro benzene ring substituents is 1. The minimum atomic E-state index is -4.72. The molecule has 0 N–H and O–H groups in total. The molecular weight excluding hydrogens is 251 g/mol. The molecule has 0 aliphatic heterocycles. The van der Waals surface area contributed by atoms with Gasteiger partial charge in [0.25, 0.3) is 5.69 Å². The van der Waals surface area contributed by atoms with E-state index < -0.39 is 40.1 Å². The van der Waals surface area contributed by atoms with Crippen LogP contribution in [0.5, 0.6) is 0 Å². The molecule has 1 aromatic rings. The highest BCUT2D eigenvalue weighted by Crippen LogP contribution is 2.37.